The highest BCUT2D eigenvalue weighted by atomic mass is 32.1. The predicted molar refractivity (Wildman–Crippen MR) is 103 cm³/mol. The summed E-state index contributed by atoms with van der Waals surface area (Å²) in [7, 11) is 0. The van der Waals surface area contributed by atoms with Crippen LogP contribution in [0.1, 0.15) is 38.2 Å². The number of aliphatic hydroxyl groups excluding tert-OH is 1. The molecule has 140 valence electrons. The normalized spacial score (nSPS) is 23.0. The Kier molecular flexibility index (Phi) is 5.58. The Balaban J connectivity index is 1.70. The van der Waals surface area contributed by atoms with Gasteiger partial charge >= 0.3 is 0 Å². The molecule has 0 saturated heterocycles. The monoisotopic (exact) mass is 374 g/mol. The minimum Gasteiger partial charge on any atom is -0.392 e. The Labute approximate surface area is 158 Å². The van der Waals surface area contributed by atoms with E-state index in [1.807, 2.05) is 38.1 Å². The first-order valence-corrected chi connectivity index (χ1v) is 9.47. The number of rotatable bonds is 5. The molecule has 1 amide bonds. The van der Waals surface area contributed by atoms with Crippen LogP contribution in [-0.4, -0.2) is 38.4 Å². The Morgan fingerprint density at radius 3 is 3.04 bits per heavy atom. The highest BCUT2D eigenvalue weighted by Crippen LogP contribution is 2.35. The molecule has 0 aliphatic heterocycles. The van der Waals surface area contributed by atoms with E-state index in [2.05, 4.69) is 15.5 Å². The number of aromatic nitrogens is 3. The van der Waals surface area contributed by atoms with Crippen molar-refractivity contribution in [3.63, 3.8) is 0 Å². The van der Waals surface area contributed by atoms with Gasteiger partial charge in [-0.05, 0) is 38.0 Å². The predicted octanol–water partition coefficient (Wildman–Crippen LogP) is 2.97. The second-order valence-corrected chi connectivity index (χ2v) is 7.89. The van der Waals surface area contributed by atoms with Gasteiger partial charge < -0.3 is 10.4 Å². The van der Waals surface area contributed by atoms with Crippen molar-refractivity contribution < 1.29 is 9.90 Å². The summed E-state index contributed by atoms with van der Waals surface area (Å²) in [5.74, 6) is 0.521. The molecule has 6 nitrogen and oxygen atoms in total. The Morgan fingerprint density at radius 1 is 1.50 bits per heavy atom. The zero-order valence-corrected chi connectivity index (χ0v) is 16.1. The van der Waals surface area contributed by atoms with Crippen LogP contribution in [0.2, 0.25) is 0 Å². The lowest BCUT2D eigenvalue weighted by molar-refractivity contribution is -0.122. The summed E-state index contributed by atoms with van der Waals surface area (Å²) in [6.45, 7) is 4.62. The van der Waals surface area contributed by atoms with Crippen LogP contribution in [0.5, 0.6) is 0 Å². The molecule has 1 saturated carbocycles. The molecule has 7 heteroatoms. The zero-order chi connectivity index (χ0) is 18.7. The molecule has 2 aromatic rings. The average molecular weight is 375 g/mol. The molecule has 0 unspecified atom stereocenters. The van der Waals surface area contributed by atoms with E-state index >= 15 is 0 Å². The van der Waals surface area contributed by atoms with Crippen molar-refractivity contribution in [3.8, 4) is 11.4 Å². The molecule has 1 aliphatic carbocycles. The van der Waals surface area contributed by atoms with E-state index in [-0.39, 0.29) is 24.0 Å². The summed E-state index contributed by atoms with van der Waals surface area (Å²) in [6, 6.07) is 7.93. The molecule has 1 aromatic heterocycles. The first kappa shape index (κ1) is 18.8. The SMILES string of the molecule is Cc1cccc(-c2n[nH]c(=S)n2CC(=O)NC[C@@]2(C)CCCC[C@@H]2O)c1. The lowest BCUT2D eigenvalue weighted by Gasteiger charge is -2.38. The number of nitrogens with one attached hydrogen (secondary N) is 2. The third-order valence-electron chi connectivity index (χ3n) is 5.31. The van der Waals surface area contributed by atoms with Gasteiger partial charge in [0, 0.05) is 17.5 Å². The molecule has 1 heterocycles. The quantitative estimate of drug-likeness (QED) is 0.703. The number of nitrogens with zero attached hydrogens (tertiary/aromatic N) is 2. The maximum Gasteiger partial charge on any atom is 0.240 e. The summed E-state index contributed by atoms with van der Waals surface area (Å²) < 4.78 is 2.12. The van der Waals surface area contributed by atoms with Crippen molar-refractivity contribution in [1.82, 2.24) is 20.1 Å². The van der Waals surface area contributed by atoms with Gasteiger partial charge in [-0.2, -0.15) is 5.10 Å². The number of carbonyl (C=O) groups excluding carboxylic acids is 1. The molecule has 0 spiro atoms. The van der Waals surface area contributed by atoms with Gasteiger partial charge in [0.25, 0.3) is 0 Å². The molecule has 0 radical (unpaired) electrons. The van der Waals surface area contributed by atoms with Crippen molar-refractivity contribution in [3.05, 3.63) is 34.6 Å². The molecule has 1 fully saturated rings. The van der Waals surface area contributed by atoms with Gasteiger partial charge in [0.2, 0.25) is 5.91 Å². The molecule has 1 aliphatic rings. The van der Waals surface area contributed by atoms with Crippen molar-refractivity contribution >= 4 is 18.1 Å². The minimum atomic E-state index is -0.365. The largest absolute Gasteiger partial charge is 0.392 e. The number of aromatic amines is 1. The van der Waals surface area contributed by atoms with E-state index in [1.54, 1.807) is 4.57 Å². The van der Waals surface area contributed by atoms with Gasteiger partial charge in [0.1, 0.15) is 6.54 Å². The van der Waals surface area contributed by atoms with E-state index in [9.17, 15) is 9.90 Å². The summed E-state index contributed by atoms with van der Waals surface area (Å²) in [4.78, 5) is 12.5. The number of amides is 1. The second kappa shape index (κ2) is 7.72. The van der Waals surface area contributed by atoms with Crippen LogP contribution < -0.4 is 5.32 Å². The lowest BCUT2D eigenvalue weighted by Crippen LogP contribution is -2.45. The van der Waals surface area contributed by atoms with Gasteiger partial charge in [-0.1, -0.05) is 43.5 Å². The third-order valence-corrected chi connectivity index (χ3v) is 5.62. The summed E-state index contributed by atoms with van der Waals surface area (Å²) in [6.07, 6.45) is 3.50. The van der Waals surface area contributed by atoms with Crippen LogP contribution in [0.4, 0.5) is 0 Å². The maximum absolute atomic E-state index is 12.5. The van der Waals surface area contributed by atoms with E-state index in [0.29, 0.717) is 17.1 Å². The molecule has 26 heavy (non-hydrogen) atoms. The van der Waals surface area contributed by atoms with Crippen LogP contribution in [0.15, 0.2) is 24.3 Å². The maximum atomic E-state index is 12.5. The van der Waals surface area contributed by atoms with Crippen molar-refractivity contribution in [2.45, 2.75) is 52.2 Å². The zero-order valence-electron chi connectivity index (χ0n) is 15.3. The average Bonchev–Trinajstić information content (AvgIpc) is 2.97. The topological polar surface area (TPSA) is 82.9 Å². The van der Waals surface area contributed by atoms with E-state index in [4.69, 9.17) is 12.2 Å². The molecular formula is C19H26N4O2S. The van der Waals surface area contributed by atoms with Crippen LogP contribution in [-0.2, 0) is 11.3 Å². The molecular weight excluding hydrogens is 348 g/mol. The second-order valence-electron chi connectivity index (χ2n) is 7.50. The van der Waals surface area contributed by atoms with Gasteiger partial charge in [-0.25, -0.2) is 0 Å². The van der Waals surface area contributed by atoms with E-state index in [0.717, 1.165) is 36.8 Å². The van der Waals surface area contributed by atoms with Gasteiger partial charge in [-0.15, -0.1) is 0 Å². The smallest absolute Gasteiger partial charge is 0.240 e. The van der Waals surface area contributed by atoms with Crippen LogP contribution >= 0.6 is 12.2 Å². The highest BCUT2D eigenvalue weighted by molar-refractivity contribution is 7.71. The lowest BCUT2D eigenvalue weighted by atomic mass is 9.73. The molecule has 3 rings (SSSR count). The van der Waals surface area contributed by atoms with Crippen molar-refractivity contribution in [1.29, 1.82) is 0 Å². The number of benzene rings is 1. The Morgan fingerprint density at radius 2 is 2.31 bits per heavy atom. The standard InChI is InChI=1S/C19H26N4O2S/c1-13-6-5-7-14(10-13)17-21-22-18(26)23(17)11-16(25)20-12-19(2)9-4-3-8-15(19)24/h5-7,10,15,24H,3-4,8-9,11-12H2,1-2H3,(H,20,25)(H,22,26)/t15-,19+/m0/s1. The summed E-state index contributed by atoms with van der Waals surface area (Å²) >= 11 is 5.30. The molecule has 2 atom stereocenters. The Bertz CT molecular complexity index is 844. The number of hydrogen-bond donors (Lipinski definition) is 3. The van der Waals surface area contributed by atoms with Gasteiger partial charge in [-0.3, -0.25) is 14.5 Å². The number of aliphatic hydroxyl groups is 1. The fourth-order valence-corrected chi connectivity index (χ4v) is 3.75. The molecule has 0 bridgehead atoms. The summed E-state index contributed by atoms with van der Waals surface area (Å²) in [5.41, 5.74) is 1.77. The fraction of sp³-hybridized carbons (Fsp3) is 0.526. The summed E-state index contributed by atoms with van der Waals surface area (Å²) in [5, 5.41) is 20.3. The first-order valence-electron chi connectivity index (χ1n) is 9.06. The van der Waals surface area contributed by atoms with Crippen LogP contribution in [0.3, 0.4) is 0 Å². The van der Waals surface area contributed by atoms with Crippen LogP contribution in [0.25, 0.3) is 11.4 Å². The number of aryl methyl sites for hydroxylation is 1. The number of H-pyrrole nitrogens is 1. The number of hydrogen-bond acceptors (Lipinski definition) is 4. The Hall–Kier alpha value is -1.99. The minimum absolute atomic E-state index is 0.102. The van der Waals surface area contributed by atoms with Crippen molar-refractivity contribution in [2.75, 3.05) is 6.54 Å². The van der Waals surface area contributed by atoms with Gasteiger partial charge in [0.15, 0.2) is 10.6 Å². The highest BCUT2D eigenvalue weighted by Gasteiger charge is 2.35. The molecule has 3 N–H and O–H groups in total. The first-order chi connectivity index (χ1) is 12.4. The fourth-order valence-electron chi connectivity index (χ4n) is 3.56. The number of carbonyl (C=O) groups is 1. The van der Waals surface area contributed by atoms with Crippen LogP contribution in [0, 0.1) is 17.1 Å². The van der Waals surface area contributed by atoms with Gasteiger partial charge in [0.05, 0.1) is 6.10 Å². The third kappa shape index (κ3) is 4.04. The molecule has 1 aromatic carbocycles. The van der Waals surface area contributed by atoms with E-state index in [1.165, 1.54) is 0 Å². The van der Waals surface area contributed by atoms with Crippen molar-refractivity contribution in [2.24, 2.45) is 5.41 Å². The van der Waals surface area contributed by atoms with E-state index < -0.39 is 0 Å².